The number of aliphatic hydroxyl groups is 1. The molecule has 0 fully saturated rings. The lowest BCUT2D eigenvalue weighted by molar-refractivity contribution is 0.266. The van der Waals surface area contributed by atoms with Gasteiger partial charge in [-0.15, -0.1) is 0 Å². The highest BCUT2D eigenvalue weighted by Crippen LogP contribution is 2.11. The molecule has 0 radical (unpaired) electrons. The van der Waals surface area contributed by atoms with Gasteiger partial charge >= 0.3 is 0 Å². The summed E-state index contributed by atoms with van der Waals surface area (Å²) in [7, 11) is -2.08. The van der Waals surface area contributed by atoms with Gasteiger partial charge in [0.2, 0.25) is 10.0 Å². The van der Waals surface area contributed by atoms with E-state index in [0.717, 1.165) is 4.31 Å². The Kier molecular flexibility index (Phi) is 3.56. The van der Waals surface area contributed by atoms with Crippen LogP contribution in [-0.2, 0) is 10.0 Å². The zero-order valence-corrected chi connectivity index (χ0v) is 8.61. The molecule has 0 bridgehead atoms. The summed E-state index contributed by atoms with van der Waals surface area (Å²) in [5.41, 5.74) is 0. The van der Waals surface area contributed by atoms with Gasteiger partial charge in [0.25, 0.3) is 0 Å². The molecule has 0 aliphatic carbocycles. The largest absolute Gasteiger partial charge is 0.395 e. The van der Waals surface area contributed by atoms with Crippen LogP contribution in [0.25, 0.3) is 0 Å². The minimum Gasteiger partial charge on any atom is -0.395 e. The van der Waals surface area contributed by atoms with E-state index in [9.17, 15) is 8.42 Å². The molecule has 0 spiro atoms. The van der Waals surface area contributed by atoms with Gasteiger partial charge in [-0.25, -0.2) is 8.42 Å². The summed E-state index contributed by atoms with van der Waals surface area (Å²) < 4.78 is 24.5. The third kappa shape index (κ3) is 2.28. The maximum atomic E-state index is 11.7. The summed E-state index contributed by atoms with van der Waals surface area (Å²) in [6.07, 6.45) is 2.79. The van der Waals surface area contributed by atoms with Crippen LogP contribution in [-0.4, -0.2) is 43.0 Å². The van der Waals surface area contributed by atoms with Gasteiger partial charge in [0.1, 0.15) is 4.90 Å². The zero-order valence-electron chi connectivity index (χ0n) is 7.79. The number of pyridine rings is 1. The number of rotatable bonds is 4. The second-order valence-corrected chi connectivity index (χ2v) is 4.78. The van der Waals surface area contributed by atoms with E-state index in [-0.39, 0.29) is 18.0 Å². The van der Waals surface area contributed by atoms with E-state index in [1.165, 1.54) is 25.5 Å². The first kappa shape index (κ1) is 11.1. The number of aliphatic hydroxyl groups excluding tert-OH is 1. The van der Waals surface area contributed by atoms with Crippen molar-refractivity contribution in [3.63, 3.8) is 0 Å². The van der Waals surface area contributed by atoms with Crippen LogP contribution in [0, 0.1) is 0 Å². The molecule has 78 valence electrons. The Morgan fingerprint density at radius 1 is 1.57 bits per heavy atom. The first-order valence-electron chi connectivity index (χ1n) is 4.06. The van der Waals surface area contributed by atoms with Crippen LogP contribution in [0.15, 0.2) is 29.4 Å². The maximum absolute atomic E-state index is 11.7. The van der Waals surface area contributed by atoms with Crippen molar-refractivity contribution in [2.45, 2.75) is 4.90 Å². The smallest absolute Gasteiger partial charge is 0.244 e. The molecule has 1 rings (SSSR count). The van der Waals surface area contributed by atoms with E-state index in [1.54, 1.807) is 6.07 Å². The maximum Gasteiger partial charge on any atom is 0.244 e. The number of hydrogen-bond acceptors (Lipinski definition) is 4. The van der Waals surface area contributed by atoms with Gasteiger partial charge in [-0.3, -0.25) is 4.98 Å². The van der Waals surface area contributed by atoms with E-state index in [1.807, 2.05) is 0 Å². The monoisotopic (exact) mass is 216 g/mol. The Labute approximate surface area is 83.1 Å². The molecule has 0 unspecified atom stereocenters. The second kappa shape index (κ2) is 4.50. The van der Waals surface area contributed by atoms with Crippen molar-refractivity contribution in [1.29, 1.82) is 0 Å². The van der Waals surface area contributed by atoms with Gasteiger partial charge in [0, 0.05) is 26.0 Å². The van der Waals surface area contributed by atoms with Crippen LogP contribution < -0.4 is 0 Å². The number of sulfonamides is 1. The van der Waals surface area contributed by atoms with Gasteiger partial charge in [0.05, 0.1) is 6.61 Å². The molecule has 5 nitrogen and oxygen atoms in total. The summed E-state index contributed by atoms with van der Waals surface area (Å²) in [6.45, 7) is -0.118. The third-order valence-corrected chi connectivity index (χ3v) is 3.60. The van der Waals surface area contributed by atoms with Crippen LogP contribution >= 0.6 is 0 Å². The lowest BCUT2D eigenvalue weighted by Crippen LogP contribution is -2.29. The van der Waals surface area contributed by atoms with E-state index < -0.39 is 10.0 Å². The lowest BCUT2D eigenvalue weighted by Gasteiger charge is -2.14. The standard InChI is InChI=1S/C8H12N2O3S/c1-10(5-6-11)14(12,13)8-3-2-4-9-7-8/h2-4,7,11H,5-6H2,1H3. The van der Waals surface area contributed by atoms with E-state index in [2.05, 4.69) is 4.98 Å². The molecule has 1 aromatic heterocycles. The molecule has 1 N–H and O–H groups in total. The van der Waals surface area contributed by atoms with Crippen molar-refractivity contribution in [3.8, 4) is 0 Å². The van der Waals surface area contributed by atoms with Crippen molar-refractivity contribution in [3.05, 3.63) is 24.5 Å². The van der Waals surface area contributed by atoms with Crippen LogP contribution in [0.3, 0.4) is 0 Å². The molecule has 0 atom stereocenters. The molecule has 0 amide bonds. The summed E-state index contributed by atoms with van der Waals surface area (Å²) in [4.78, 5) is 3.86. The SMILES string of the molecule is CN(CCO)S(=O)(=O)c1cccnc1. The minimum absolute atomic E-state index is 0.0806. The van der Waals surface area contributed by atoms with Gasteiger partial charge < -0.3 is 5.11 Å². The van der Waals surface area contributed by atoms with Crippen LogP contribution in [0.1, 0.15) is 0 Å². The van der Waals surface area contributed by atoms with Crippen LogP contribution in [0.4, 0.5) is 0 Å². The second-order valence-electron chi connectivity index (χ2n) is 2.74. The van der Waals surface area contributed by atoms with Crippen molar-refractivity contribution >= 4 is 10.0 Å². The fourth-order valence-electron chi connectivity index (χ4n) is 0.941. The summed E-state index contributed by atoms with van der Waals surface area (Å²) >= 11 is 0. The predicted molar refractivity (Wildman–Crippen MR) is 51.1 cm³/mol. The molecule has 1 heterocycles. The number of aromatic nitrogens is 1. The summed E-state index contributed by atoms with van der Waals surface area (Å²) in [6, 6.07) is 3.02. The van der Waals surface area contributed by atoms with Crippen molar-refractivity contribution < 1.29 is 13.5 Å². The van der Waals surface area contributed by atoms with Gasteiger partial charge in [-0.05, 0) is 12.1 Å². The van der Waals surface area contributed by atoms with Crippen molar-refractivity contribution in [1.82, 2.24) is 9.29 Å². The first-order valence-corrected chi connectivity index (χ1v) is 5.50. The molecule has 0 saturated heterocycles. The van der Waals surface area contributed by atoms with Crippen molar-refractivity contribution in [2.75, 3.05) is 20.2 Å². The molecule has 0 aromatic carbocycles. The fraction of sp³-hybridized carbons (Fsp3) is 0.375. The first-order chi connectivity index (χ1) is 6.59. The molecule has 0 saturated carbocycles. The molecular formula is C8H12N2O3S. The Balaban J connectivity index is 2.97. The Morgan fingerprint density at radius 2 is 2.29 bits per heavy atom. The lowest BCUT2D eigenvalue weighted by atomic mass is 10.5. The highest BCUT2D eigenvalue weighted by Gasteiger charge is 2.19. The Hall–Kier alpha value is -0.980. The number of nitrogens with zero attached hydrogens (tertiary/aromatic N) is 2. The average molecular weight is 216 g/mol. The van der Waals surface area contributed by atoms with Crippen LogP contribution in [0.2, 0.25) is 0 Å². The fourth-order valence-corrected chi connectivity index (χ4v) is 2.07. The topological polar surface area (TPSA) is 70.5 Å². The van der Waals surface area contributed by atoms with E-state index in [0.29, 0.717) is 0 Å². The van der Waals surface area contributed by atoms with E-state index in [4.69, 9.17) is 5.11 Å². The molecule has 0 aliphatic rings. The predicted octanol–water partition coefficient (Wildman–Crippen LogP) is -0.306. The van der Waals surface area contributed by atoms with Gasteiger partial charge in [0.15, 0.2) is 0 Å². The Bertz CT molecular complexity index is 377. The minimum atomic E-state index is -3.49. The molecule has 0 aliphatic heterocycles. The third-order valence-electron chi connectivity index (χ3n) is 1.76. The number of likely N-dealkylation sites (N-methyl/N-ethyl adjacent to an activating group) is 1. The molecule has 14 heavy (non-hydrogen) atoms. The van der Waals surface area contributed by atoms with Crippen LogP contribution in [0.5, 0.6) is 0 Å². The molecule has 6 heteroatoms. The highest BCUT2D eigenvalue weighted by atomic mass is 32.2. The summed E-state index contributed by atoms with van der Waals surface area (Å²) in [5.74, 6) is 0. The zero-order chi connectivity index (χ0) is 10.6. The van der Waals surface area contributed by atoms with E-state index >= 15 is 0 Å². The average Bonchev–Trinajstić information content (AvgIpc) is 2.19. The van der Waals surface area contributed by atoms with Gasteiger partial charge in [-0.2, -0.15) is 4.31 Å². The molecular weight excluding hydrogens is 204 g/mol. The normalized spacial score (nSPS) is 11.9. The summed E-state index contributed by atoms with van der Waals surface area (Å²) in [5, 5.41) is 8.63. The van der Waals surface area contributed by atoms with Crippen molar-refractivity contribution in [2.24, 2.45) is 0 Å². The highest BCUT2D eigenvalue weighted by molar-refractivity contribution is 7.89. The van der Waals surface area contributed by atoms with Gasteiger partial charge in [-0.1, -0.05) is 0 Å². The Morgan fingerprint density at radius 3 is 2.79 bits per heavy atom. The number of hydrogen-bond donors (Lipinski definition) is 1. The molecule has 1 aromatic rings. The quantitative estimate of drug-likeness (QED) is 0.749.